The molecule has 0 amide bonds. The standard InChI is InChI=1S/C10H15NO3/c1-2-7-3-8-5-10(12,6-11(13)14)9(8)4-7/h4,8-9,12H,2-3,5-6H2,1H3/t8-,9-,10?/m1/s1/i8+1. The third-order valence-electron chi connectivity index (χ3n) is 3.54. The SMILES string of the molecule is CCC1=C[C@@H]2[13C@H](C1)CC2(O)C[N+](=O)[O-]. The number of nitro groups is 1. The number of hydrogen-bond donors (Lipinski definition) is 1. The fourth-order valence-corrected chi connectivity index (χ4v) is 2.80. The minimum atomic E-state index is -1.05. The summed E-state index contributed by atoms with van der Waals surface area (Å²) >= 11 is 0. The summed E-state index contributed by atoms with van der Waals surface area (Å²) in [5, 5.41) is 20.3. The maximum absolute atomic E-state index is 10.4. The Bertz CT molecular complexity index is 300. The van der Waals surface area contributed by atoms with Gasteiger partial charge in [-0.3, -0.25) is 10.1 Å². The van der Waals surface area contributed by atoms with Crippen LogP contribution in [0.4, 0.5) is 0 Å². The summed E-state index contributed by atoms with van der Waals surface area (Å²) < 4.78 is 0. The van der Waals surface area contributed by atoms with Gasteiger partial charge in [0.1, 0.15) is 5.60 Å². The monoisotopic (exact) mass is 198 g/mol. The van der Waals surface area contributed by atoms with Gasteiger partial charge in [-0.1, -0.05) is 18.6 Å². The van der Waals surface area contributed by atoms with Gasteiger partial charge in [-0.05, 0) is 25.2 Å². The van der Waals surface area contributed by atoms with E-state index < -0.39 is 10.5 Å². The highest BCUT2D eigenvalue weighted by Crippen LogP contribution is 2.52. The highest BCUT2D eigenvalue weighted by Gasteiger charge is 2.56. The van der Waals surface area contributed by atoms with Gasteiger partial charge in [-0.25, -0.2) is 0 Å². The molecule has 1 fully saturated rings. The first-order valence-electron chi connectivity index (χ1n) is 5.09. The summed E-state index contributed by atoms with van der Waals surface area (Å²) in [6.07, 6.45) is 4.68. The molecule has 0 saturated heterocycles. The van der Waals surface area contributed by atoms with Crippen LogP contribution in [0.25, 0.3) is 0 Å². The molecular weight excluding hydrogens is 183 g/mol. The van der Waals surface area contributed by atoms with Crippen LogP contribution in [0.3, 0.4) is 0 Å². The number of rotatable bonds is 3. The molecule has 0 spiro atoms. The highest BCUT2D eigenvalue weighted by atomic mass is 16.6. The molecule has 1 N–H and O–H groups in total. The van der Waals surface area contributed by atoms with Crippen LogP contribution in [0.5, 0.6) is 0 Å². The van der Waals surface area contributed by atoms with Crippen molar-refractivity contribution in [3.05, 3.63) is 21.8 Å². The van der Waals surface area contributed by atoms with Crippen molar-refractivity contribution >= 4 is 0 Å². The van der Waals surface area contributed by atoms with Gasteiger partial charge < -0.3 is 5.11 Å². The van der Waals surface area contributed by atoms with E-state index in [-0.39, 0.29) is 12.5 Å². The Morgan fingerprint density at radius 2 is 2.50 bits per heavy atom. The van der Waals surface area contributed by atoms with Crippen LogP contribution in [0.15, 0.2) is 11.6 Å². The lowest BCUT2D eigenvalue weighted by Gasteiger charge is -2.45. The molecule has 2 aliphatic carbocycles. The van der Waals surface area contributed by atoms with Crippen molar-refractivity contribution < 1.29 is 10.0 Å². The first-order valence-corrected chi connectivity index (χ1v) is 5.09. The number of fused-ring (bicyclic) bond motifs is 1. The molecule has 0 aromatic rings. The van der Waals surface area contributed by atoms with Crippen molar-refractivity contribution in [2.75, 3.05) is 6.54 Å². The van der Waals surface area contributed by atoms with E-state index in [0.29, 0.717) is 12.3 Å². The van der Waals surface area contributed by atoms with Crippen molar-refractivity contribution in [3.8, 4) is 0 Å². The van der Waals surface area contributed by atoms with Crippen LogP contribution in [0, 0.1) is 22.0 Å². The van der Waals surface area contributed by atoms with Crippen LogP contribution >= 0.6 is 0 Å². The van der Waals surface area contributed by atoms with Gasteiger partial charge in [-0.2, -0.15) is 0 Å². The van der Waals surface area contributed by atoms with Gasteiger partial charge in [0.15, 0.2) is 0 Å². The van der Waals surface area contributed by atoms with Crippen LogP contribution in [-0.4, -0.2) is 22.2 Å². The van der Waals surface area contributed by atoms with E-state index in [2.05, 4.69) is 13.0 Å². The first-order chi connectivity index (χ1) is 6.55. The van der Waals surface area contributed by atoms with E-state index in [1.165, 1.54) is 5.57 Å². The molecule has 0 aliphatic heterocycles. The quantitative estimate of drug-likeness (QED) is 0.322. The fraction of sp³-hybridized carbons (Fsp3) is 0.800. The molecular formula is C10H15NO3. The predicted molar refractivity (Wildman–Crippen MR) is 51.4 cm³/mol. The molecule has 3 atom stereocenters. The Hall–Kier alpha value is -0.900. The van der Waals surface area contributed by atoms with E-state index in [0.717, 1.165) is 12.8 Å². The van der Waals surface area contributed by atoms with E-state index in [9.17, 15) is 15.2 Å². The topological polar surface area (TPSA) is 63.4 Å². The Morgan fingerprint density at radius 1 is 1.79 bits per heavy atom. The van der Waals surface area contributed by atoms with Gasteiger partial charge in [0.25, 0.3) is 0 Å². The van der Waals surface area contributed by atoms with Gasteiger partial charge >= 0.3 is 0 Å². The van der Waals surface area contributed by atoms with E-state index in [4.69, 9.17) is 0 Å². The summed E-state index contributed by atoms with van der Waals surface area (Å²) in [6, 6.07) is 0. The second-order valence-electron chi connectivity index (χ2n) is 4.47. The summed E-state index contributed by atoms with van der Waals surface area (Å²) in [5.41, 5.74) is 0.296. The molecule has 4 nitrogen and oxygen atoms in total. The minimum Gasteiger partial charge on any atom is -0.382 e. The highest BCUT2D eigenvalue weighted by molar-refractivity contribution is 5.24. The summed E-state index contributed by atoms with van der Waals surface area (Å²) in [6.45, 7) is 1.78. The predicted octanol–water partition coefficient (Wildman–Crippen LogP) is 1.37. The van der Waals surface area contributed by atoms with Crippen LogP contribution in [0.1, 0.15) is 26.2 Å². The second-order valence-corrected chi connectivity index (χ2v) is 4.47. The number of hydrogen-bond acceptors (Lipinski definition) is 3. The van der Waals surface area contributed by atoms with Crippen molar-refractivity contribution in [1.29, 1.82) is 0 Å². The molecule has 0 aromatic carbocycles. The van der Waals surface area contributed by atoms with Crippen LogP contribution in [0.2, 0.25) is 0 Å². The van der Waals surface area contributed by atoms with Gasteiger partial charge in [0.05, 0.1) is 0 Å². The number of aliphatic hydroxyl groups is 1. The molecule has 0 aromatic heterocycles. The third kappa shape index (κ3) is 1.34. The lowest BCUT2D eigenvalue weighted by molar-refractivity contribution is -0.509. The molecule has 0 bridgehead atoms. The zero-order valence-electron chi connectivity index (χ0n) is 8.27. The van der Waals surface area contributed by atoms with Crippen molar-refractivity contribution in [2.24, 2.45) is 11.8 Å². The summed E-state index contributed by atoms with van der Waals surface area (Å²) in [7, 11) is 0. The first kappa shape index (κ1) is 9.65. The van der Waals surface area contributed by atoms with Crippen LogP contribution in [-0.2, 0) is 0 Å². The Balaban J connectivity index is 2.06. The van der Waals surface area contributed by atoms with E-state index >= 15 is 0 Å². The molecule has 1 unspecified atom stereocenters. The van der Waals surface area contributed by atoms with Gasteiger partial charge in [-0.15, -0.1) is 0 Å². The Labute approximate surface area is 82.8 Å². The largest absolute Gasteiger partial charge is 0.382 e. The molecule has 0 radical (unpaired) electrons. The van der Waals surface area contributed by atoms with Crippen LogP contribution < -0.4 is 0 Å². The van der Waals surface area contributed by atoms with E-state index in [1.807, 2.05) is 0 Å². The molecule has 1 saturated carbocycles. The molecule has 14 heavy (non-hydrogen) atoms. The molecule has 2 aliphatic rings. The summed E-state index contributed by atoms with van der Waals surface area (Å²) in [5.74, 6) is 0.512. The molecule has 4 heteroatoms. The zero-order valence-corrected chi connectivity index (χ0v) is 8.27. The molecule has 78 valence electrons. The van der Waals surface area contributed by atoms with Gasteiger partial charge in [0.2, 0.25) is 6.54 Å². The lowest BCUT2D eigenvalue weighted by atomic mass is 9.77. The second kappa shape index (κ2) is 3.05. The van der Waals surface area contributed by atoms with Crippen molar-refractivity contribution in [1.82, 2.24) is 0 Å². The average Bonchev–Trinajstić information content (AvgIpc) is 2.42. The van der Waals surface area contributed by atoms with Crippen molar-refractivity contribution in [2.45, 2.75) is 31.8 Å². The zero-order chi connectivity index (χ0) is 10.3. The fourth-order valence-electron chi connectivity index (χ4n) is 2.80. The van der Waals surface area contributed by atoms with E-state index in [1.54, 1.807) is 0 Å². The van der Waals surface area contributed by atoms with Gasteiger partial charge in [0, 0.05) is 10.8 Å². The maximum atomic E-state index is 10.4. The minimum absolute atomic E-state index is 0.0443. The smallest absolute Gasteiger partial charge is 0.232 e. The number of allylic oxidation sites excluding steroid dienone is 1. The third-order valence-corrected chi connectivity index (χ3v) is 3.54. The molecule has 2 rings (SSSR count). The van der Waals surface area contributed by atoms with Crippen molar-refractivity contribution in [3.63, 3.8) is 0 Å². The Kier molecular flexibility index (Phi) is 2.10. The summed E-state index contributed by atoms with van der Waals surface area (Å²) in [4.78, 5) is 9.96. The maximum Gasteiger partial charge on any atom is 0.232 e. The molecule has 0 heterocycles. The number of nitrogens with zero attached hydrogens (tertiary/aromatic N) is 1. The lowest BCUT2D eigenvalue weighted by Crippen LogP contribution is -2.55. The average molecular weight is 198 g/mol. The Morgan fingerprint density at radius 3 is 3.07 bits per heavy atom. The normalized spacial score (nSPS) is 40.0.